The number of hydrogen-bond donors (Lipinski definition) is 0. The first-order chi connectivity index (χ1) is 23.5. The van der Waals surface area contributed by atoms with Crippen LogP contribution < -0.4 is 13.9 Å². The molecule has 0 bridgehead atoms. The molecular formula is C40H37N2O3P3. The van der Waals surface area contributed by atoms with Crippen LogP contribution in [0.15, 0.2) is 168 Å². The molecule has 240 valence electrons. The van der Waals surface area contributed by atoms with Crippen LogP contribution in [-0.2, 0) is 5.16 Å². The molecule has 0 radical (unpaired) electrons. The molecule has 0 saturated heterocycles. The van der Waals surface area contributed by atoms with Crippen molar-refractivity contribution in [1.82, 2.24) is 4.60 Å². The maximum absolute atomic E-state index is 6.84. The van der Waals surface area contributed by atoms with Gasteiger partial charge in [0.2, 0.25) is 0 Å². The molecule has 0 aliphatic heterocycles. The van der Waals surface area contributed by atoms with Crippen LogP contribution in [0.25, 0.3) is 0 Å². The lowest BCUT2D eigenvalue weighted by molar-refractivity contribution is 0.132. The molecular weight excluding hydrogens is 649 g/mol. The fraction of sp³-hybridized carbons (Fsp3) is 0.100. The summed E-state index contributed by atoms with van der Waals surface area (Å²) in [6, 6.07) is 55.8. The van der Waals surface area contributed by atoms with Gasteiger partial charge in [-0.25, -0.2) is 0 Å². The molecule has 2 unspecified atom stereocenters. The highest BCUT2D eigenvalue weighted by Gasteiger charge is 2.42. The lowest BCUT2D eigenvalue weighted by atomic mass is 9.83. The third-order valence-corrected chi connectivity index (χ3v) is 12.0. The number of benzene rings is 6. The average Bonchev–Trinajstić information content (AvgIpc) is 3.12. The predicted molar refractivity (Wildman–Crippen MR) is 201 cm³/mol. The Morgan fingerprint density at radius 1 is 0.521 bits per heavy atom. The largest absolute Gasteiger partial charge is 0.437 e. The zero-order chi connectivity index (χ0) is 33.2. The lowest BCUT2D eigenvalue weighted by Gasteiger charge is -2.40. The minimum atomic E-state index is -1.76. The summed E-state index contributed by atoms with van der Waals surface area (Å²) in [6.07, 6.45) is 0. The molecule has 0 aliphatic rings. The second-order valence-corrected chi connectivity index (χ2v) is 15.2. The summed E-state index contributed by atoms with van der Waals surface area (Å²) >= 11 is 0. The van der Waals surface area contributed by atoms with Gasteiger partial charge in [0.1, 0.15) is 17.2 Å². The first-order valence-corrected chi connectivity index (χ1v) is 18.6. The Bertz CT molecular complexity index is 1780. The van der Waals surface area contributed by atoms with Crippen molar-refractivity contribution in [2.75, 3.05) is 0 Å². The third kappa shape index (κ3) is 8.37. The maximum atomic E-state index is 6.84. The molecule has 2 atom stereocenters. The summed E-state index contributed by atoms with van der Waals surface area (Å²) < 4.78 is 19.7. The zero-order valence-electron chi connectivity index (χ0n) is 27.1. The highest BCUT2D eigenvalue weighted by Crippen LogP contribution is 2.62. The first kappa shape index (κ1) is 33.5. The minimum Gasteiger partial charge on any atom is -0.437 e. The van der Waals surface area contributed by atoms with E-state index >= 15 is 0 Å². The van der Waals surface area contributed by atoms with Gasteiger partial charge >= 0.3 is 8.45 Å². The van der Waals surface area contributed by atoms with Crippen molar-refractivity contribution in [3.63, 3.8) is 0 Å². The maximum Gasteiger partial charge on any atom is 0.344 e. The van der Waals surface area contributed by atoms with Gasteiger partial charge in [0, 0.05) is 8.73 Å². The fourth-order valence-corrected chi connectivity index (χ4v) is 9.37. The summed E-state index contributed by atoms with van der Waals surface area (Å²) in [5.74, 6) is 2.11. The molecule has 0 heterocycles. The quantitative estimate of drug-likeness (QED) is 0.0689. The average molecular weight is 687 g/mol. The van der Waals surface area contributed by atoms with E-state index in [1.54, 1.807) is 0 Å². The van der Waals surface area contributed by atoms with Gasteiger partial charge in [-0.1, -0.05) is 144 Å². The molecule has 5 nitrogen and oxygen atoms in total. The van der Waals surface area contributed by atoms with E-state index in [0.29, 0.717) is 20.1 Å². The normalized spacial score (nSPS) is 12.4. The van der Waals surface area contributed by atoms with Gasteiger partial charge < -0.3 is 13.9 Å². The van der Waals surface area contributed by atoms with E-state index in [9.17, 15) is 0 Å². The Labute approximate surface area is 288 Å². The van der Waals surface area contributed by atoms with Crippen LogP contribution in [0.3, 0.4) is 0 Å². The van der Waals surface area contributed by atoms with Crippen LogP contribution in [-0.4, -0.2) is 4.60 Å². The van der Waals surface area contributed by atoms with Gasteiger partial charge in [-0.2, -0.15) is 0 Å². The SMILES string of the molecule is Cc1ccc(C(PN(Oc2ccccc2)P(N=POc2ccccc2)Oc2ccccc2)(c2ccc(C)cc2)c2ccc(C)cc2)cc1. The fourth-order valence-electron chi connectivity index (χ4n) is 5.17. The summed E-state index contributed by atoms with van der Waals surface area (Å²) in [4.78, 5) is 6.84. The third-order valence-electron chi connectivity index (χ3n) is 7.74. The molecule has 6 aromatic carbocycles. The molecule has 6 rings (SSSR count). The molecule has 8 heteroatoms. The number of rotatable bonds is 13. The van der Waals surface area contributed by atoms with Gasteiger partial charge in [0.05, 0.1) is 5.16 Å². The van der Waals surface area contributed by atoms with Crippen LogP contribution >= 0.6 is 25.8 Å². The van der Waals surface area contributed by atoms with Crippen LogP contribution in [0.2, 0.25) is 0 Å². The van der Waals surface area contributed by atoms with Gasteiger partial charge in [0.25, 0.3) is 8.60 Å². The molecule has 0 fully saturated rings. The molecule has 0 amide bonds. The Morgan fingerprint density at radius 3 is 1.35 bits per heavy atom. The highest BCUT2D eigenvalue weighted by molar-refractivity contribution is 7.62. The van der Waals surface area contributed by atoms with Crippen molar-refractivity contribution in [2.24, 2.45) is 4.52 Å². The van der Waals surface area contributed by atoms with Crippen molar-refractivity contribution in [1.29, 1.82) is 0 Å². The second-order valence-electron chi connectivity index (χ2n) is 11.4. The van der Waals surface area contributed by atoms with Crippen LogP contribution in [0.5, 0.6) is 17.2 Å². The lowest BCUT2D eigenvalue weighted by Crippen LogP contribution is -2.30. The van der Waals surface area contributed by atoms with E-state index in [4.69, 9.17) is 18.4 Å². The van der Waals surface area contributed by atoms with E-state index < -0.39 is 13.6 Å². The zero-order valence-corrected chi connectivity index (χ0v) is 29.9. The van der Waals surface area contributed by atoms with Crippen molar-refractivity contribution in [2.45, 2.75) is 25.9 Å². The number of para-hydroxylation sites is 3. The summed E-state index contributed by atoms with van der Waals surface area (Å²) in [7, 11) is -1.36. The van der Waals surface area contributed by atoms with Crippen molar-refractivity contribution in [3.05, 3.63) is 197 Å². The molecule has 0 N–H and O–H groups in total. The van der Waals surface area contributed by atoms with Gasteiger partial charge in [-0.3, -0.25) is 0 Å². The minimum absolute atomic E-state index is 0.00389. The standard InChI is InChI=1S/C40H37N2O3P3/c1-31-19-25-34(26-20-31)40(35-27-21-32(2)22-28-35,36-29-23-33(3)24-30-36)46-42(43-37-13-7-4-8-14-37)48(45-39-17-11-6-12-18-39)41-47-44-38-15-9-5-10-16-38/h4-30,46H,1-3H3. The Morgan fingerprint density at radius 2 is 0.917 bits per heavy atom. The smallest absolute Gasteiger partial charge is 0.344 e. The molecule has 0 aliphatic carbocycles. The van der Waals surface area contributed by atoms with Gasteiger partial charge in [-0.05, 0) is 78.5 Å². The molecule has 48 heavy (non-hydrogen) atoms. The number of hydrogen-bond acceptors (Lipinski definition) is 5. The summed E-state index contributed by atoms with van der Waals surface area (Å²) in [5, 5.41) is -0.642. The molecule has 0 saturated carbocycles. The molecule has 0 aromatic heterocycles. The number of aryl methyl sites for hydroxylation is 3. The Hall–Kier alpha value is -4.36. The topological polar surface area (TPSA) is 43.3 Å². The summed E-state index contributed by atoms with van der Waals surface area (Å²) in [5.41, 5.74) is 7.03. The highest BCUT2D eigenvalue weighted by atomic mass is 31.2. The van der Waals surface area contributed by atoms with E-state index in [2.05, 4.69) is 93.6 Å². The van der Waals surface area contributed by atoms with Crippen LogP contribution in [0, 0.1) is 20.8 Å². The Balaban J connectivity index is 1.53. The molecule has 0 spiro atoms. The van der Waals surface area contributed by atoms with Crippen molar-refractivity contribution < 1.29 is 13.9 Å². The van der Waals surface area contributed by atoms with Crippen LogP contribution in [0.4, 0.5) is 0 Å². The predicted octanol–water partition coefficient (Wildman–Crippen LogP) is 12.2. The number of nitrogens with zero attached hydrogens (tertiary/aromatic N) is 2. The van der Waals surface area contributed by atoms with Gasteiger partial charge in [0.15, 0.2) is 0 Å². The van der Waals surface area contributed by atoms with E-state index in [0.717, 1.165) is 22.4 Å². The molecule has 6 aromatic rings. The van der Waals surface area contributed by atoms with E-state index in [1.165, 1.54) is 16.7 Å². The monoisotopic (exact) mass is 686 g/mol. The van der Waals surface area contributed by atoms with Gasteiger partial charge in [-0.15, -0.1) is 4.52 Å². The van der Waals surface area contributed by atoms with E-state index in [1.807, 2.05) is 95.6 Å². The Kier molecular flexibility index (Phi) is 11.3. The second kappa shape index (κ2) is 16.2. The van der Waals surface area contributed by atoms with Crippen LogP contribution in [0.1, 0.15) is 33.4 Å². The van der Waals surface area contributed by atoms with Crippen molar-refractivity contribution in [3.8, 4) is 17.2 Å². The summed E-state index contributed by atoms with van der Waals surface area (Å²) in [6.45, 7) is 6.36. The van der Waals surface area contributed by atoms with Crippen molar-refractivity contribution >= 4 is 25.8 Å². The first-order valence-electron chi connectivity index (χ1n) is 15.7. The van der Waals surface area contributed by atoms with E-state index in [-0.39, 0.29) is 8.73 Å².